The van der Waals surface area contributed by atoms with Crippen molar-refractivity contribution in [2.45, 2.75) is 0 Å². The second kappa shape index (κ2) is 4.28. The van der Waals surface area contributed by atoms with E-state index in [0.717, 1.165) is 6.07 Å². The van der Waals surface area contributed by atoms with Crippen molar-refractivity contribution >= 4 is 33.4 Å². The van der Waals surface area contributed by atoms with E-state index in [0.29, 0.717) is 4.47 Å². The average molecular weight is 281 g/mol. The van der Waals surface area contributed by atoms with Gasteiger partial charge < -0.3 is 4.90 Å². The Kier molecular flexibility index (Phi) is 3.50. The molecule has 0 radical (unpaired) electrons. The normalized spacial score (nSPS) is 10.1. The summed E-state index contributed by atoms with van der Waals surface area (Å²) in [5.41, 5.74) is 0.267. The van der Waals surface area contributed by atoms with Crippen molar-refractivity contribution in [3.63, 3.8) is 0 Å². The lowest BCUT2D eigenvalue weighted by Gasteiger charge is -2.10. The lowest BCUT2D eigenvalue weighted by molar-refractivity contribution is 0.0827. The first-order valence-electron chi connectivity index (χ1n) is 3.79. The maximum atomic E-state index is 13.1. The standard InChI is InChI=1S/C9H8BrClFNO/c1-13(2)9(14)5-3-6(10)8(11)7(12)4-5/h3-4H,1-2H3. The monoisotopic (exact) mass is 279 g/mol. The van der Waals surface area contributed by atoms with Crippen molar-refractivity contribution in [3.8, 4) is 0 Å². The summed E-state index contributed by atoms with van der Waals surface area (Å²) in [5.74, 6) is -0.868. The van der Waals surface area contributed by atoms with Crippen LogP contribution in [0.2, 0.25) is 5.02 Å². The van der Waals surface area contributed by atoms with Gasteiger partial charge in [-0.15, -0.1) is 0 Å². The van der Waals surface area contributed by atoms with Crippen molar-refractivity contribution in [1.82, 2.24) is 4.90 Å². The van der Waals surface area contributed by atoms with E-state index in [-0.39, 0.29) is 16.5 Å². The molecule has 0 bridgehead atoms. The van der Waals surface area contributed by atoms with E-state index in [1.54, 1.807) is 14.1 Å². The van der Waals surface area contributed by atoms with Crippen LogP contribution < -0.4 is 0 Å². The SMILES string of the molecule is CN(C)C(=O)c1cc(F)c(Cl)c(Br)c1. The quantitative estimate of drug-likeness (QED) is 0.724. The molecule has 76 valence electrons. The van der Waals surface area contributed by atoms with Crippen LogP contribution in [0, 0.1) is 5.82 Å². The van der Waals surface area contributed by atoms with E-state index in [9.17, 15) is 9.18 Å². The second-order valence-corrected chi connectivity index (χ2v) is 4.19. The summed E-state index contributed by atoms with van der Waals surface area (Å²) in [6.07, 6.45) is 0. The van der Waals surface area contributed by atoms with Gasteiger partial charge in [0.25, 0.3) is 5.91 Å². The lowest BCUT2D eigenvalue weighted by Crippen LogP contribution is -2.21. The molecule has 5 heteroatoms. The van der Waals surface area contributed by atoms with Gasteiger partial charge in [0.2, 0.25) is 0 Å². The third kappa shape index (κ3) is 2.25. The molecule has 0 heterocycles. The highest BCUT2D eigenvalue weighted by molar-refractivity contribution is 9.10. The minimum Gasteiger partial charge on any atom is -0.345 e. The van der Waals surface area contributed by atoms with Gasteiger partial charge in [-0.3, -0.25) is 4.79 Å². The molecule has 2 nitrogen and oxygen atoms in total. The summed E-state index contributed by atoms with van der Waals surface area (Å²) in [7, 11) is 3.20. The largest absolute Gasteiger partial charge is 0.345 e. The number of hydrogen-bond donors (Lipinski definition) is 0. The molecule has 0 saturated heterocycles. The van der Waals surface area contributed by atoms with E-state index in [2.05, 4.69) is 15.9 Å². The van der Waals surface area contributed by atoms with Crippen LogP contribution in [0.5, 0.6) is 0 Å². The highest BCUT2D eigenvalue weighted by Gasteiger charge is 2.13. The molecule has 0 spiro atoms. The Hall–Kier alpha value is -0.610. The summed E-state index contributed by atoms with van der Waals surface area (Å²) >= 11 is 8.66. The Labute approximate surface area is 94.8 Å². The first-order chi connectivity index (χ1) is 6.43. The van der Waals surface area contributed by atoms with Crippen LogP contribution in [-0.2, 0) is 0 Å². The molecule has 0 saturated carbocycles. The molecular weight excluding hydrogens is 272 g/mol. The maximum Gasteiger partial charge on any atom is 0.253 e. The van der Waals surface area contributed by atoms with Crippen LogP contribution in [-0.4, -0.2) is 24.9 Å². The van der Waals surface area contributed by atoms with Crippen molar-refractivity contribution in [3.05, 3.63) is 33.0 Å². The van der Waals surface area contributed by atoms with Gasteiger partial charge in [0.1, 0.15) is 5.82 Å². The van der Waals surface area contributed by atoms with Crippen LogP contribution >= 0.6 is 27.5 Å². The third-order valence-corrected chi connectivity index (χ3v) is 2.87. The predicted octanol–water partition coefficient (Wildman–Crippen LogP) is 2.94. The van der Waals surface area contributed by atoms with Crippen LogP contribution in [0.3, 0.4) is 0 Å². The topological polar surface area (TPSA) is 20.3 Å². The first-order valence-corrected chi connectivity index (χ1v) is 4.96. The highest BCUT2D eigenvalue weighted by atomic mass is 79.9. The number of carbonyl (C=O) groups excluding carboxylic acids is 1. The number of nitrogens with zero attached hydrogens (tertiary/aromatic N) is 1. The van der Waals surface area contributed by atoms with Gasteiger partial charge in [-0.05, 0) is 28.1 Å². The number of amides is 1. The molecule has 0 aliphatic heterocycles. The molecule has 0 aliphatic carbocycles. The summed E-state index contributed by atoms with van der Waals surface area (Å²) < 4.78 is 13.5. The number of halogens is 3. The molecule has 14 heavy (non-hydrogen) atoms. The van der Waals surface area contributed by atoms with Gasteiger partial charge in [0, 0.05) is 24.1 Å². The van der Waals surface area contributed by atoms with Crippen molar-refractivity contribution < 1.29 is 9.18 Å². The molecule has 1 rings (SSSR count). The van der Waals surface area contributed by atoms with Crippen molar-refractivity contribution in [2.24, 2.45) is 0 Å². The Bertz CT molecular complexity index is 358. The van der Waals surface area contributed by atoms with E-state index in [4.69, 9.17) is 11.6 Å². The van der Waals surface area contributed by atoms with Gasteiger partial charge in [0.05, 0.1) is 5.02 Å². The fraction of sp³-hybridized carbons (Fsp3) is 0.222. The fourth-order valence-electron chi connectivity index (χ4n) is 0.937. The van der Waals surface area contributed by atoms with Crippen LogP contribution in [0.1, 0.15) is 10.4 Å². The molecule has 0 fully saturated rings. The van der Waals surface area contributed by atoms with Gasteiger partial charge in [-0.1, -0.05) is 11.6 Å². The van der Waals surface area contributed by atoms with Crippen LogP contribution in [0.15, 0.2) is 16.6 Å². The Balaban J connectivity index is 3.19. The molecule has 0 atom stereocenters. The molecule has 0 N–H and O–H groups in total. The average Bonchev–Trinajstić information content (AvgIpc) is 2.12. The van der Waals surface area contributed by atoms with Crippen molar-refractivity contribution in [2.75, 3.05) is 14.1 Å². The summed E-state index contributed by atoms with van der Waals surface area (Å²) in [4.78, 5) is 12.8. The zero-order chi connectivity index (χ0) is 10.9. The minimum atomic E-state index is -0.605. The van der Waals surface area contributed by atoms with E-state index >= 15 is 0 Å². The smallest absolute Gasteiger partial charge is 0.253 e. The number of rotatable bonds is 1. The zero-order valence-corrected chi connectivity index (χ0v) is 9.99. The Morgan fingerprint density at radius 2 is 2.07 bits per heavy atom. The van der Waals surface area contributed by atoms with Gasteiger partial charge in [0.15, 0.2) is 0 Å². The minimum absolute atomic E-state index is 0.0136. The lowest BCUT2D eigenvalue weighted by atomic mass is 10.2. The highest BCUT2D eigenvalue weighted by Crippen LogP contribution is 2.27. The predicted molar refractivity (Wildman–Crippen MR) is 57.1 cm³/mol. The number of benzene rings is 1. The van der Waals surface area contributed by atoms with E-state index < -0.39 is 5.82 Å². The second-order valence-electron chi connectivity index (χ2n) is 2.95. The van der Waals surface area contributed by atoms with E-state index in [1.165, 1.54) is 11.0 Å². The molecule has 0 aliphatic rings. The van der Waals surface area contributed by atoms with Crippen molar-refractivity contribution in [1.29, 1.82) is 0 Å². The van der Waals surface area contributed by atoms with Crippen LogP contribution in [0.4, 0.5) is 4.39 Å². The molecule has 0 unspecified atom stereocenters. The Morgan fingerprint density at radius 1 is 1.50 bits per heavy atom. The third-order valence-electron chi connectivity index (χ3n) is 1.64. The summed E-state index contributed by atoms with van der Waals surface area (Å²) in [6.45, 7) is 0. The van der Waals surface area contributed by atoms with Crippen LogP contribution in [0.25, 0.3) is 0 Å². The summed E-state index contributed by atoms with van der Waals surface area (Å²) in [5, 5.41) is -0.0136. The molecule has 1 amide bonds. The molecular formula is C9H8BrClFNO. The molecule has 1 aromatic rings. The first kappa shape index (κ1) is 11.5. The number of hydrogen-bond acceptors (Lipinski definition) is 1. The van der Waals surface area contributed by atoms with E-state index in [1.807, 2.05) is 0 Å². The van der Waals surface area contributed by atoms with Gasteiger partial charge in [-0.2, -0.15) is 0 Å². The molecule has 1 aromatic carbocycles. The summed E-state index contributed by atoms with van der Waals surface area (Å²) in [6, 6.07) is 2.61. The zero-order valence-electron chi connectivity index (χ0n) is 7.64. The Morgan fingerprint density at radius 3 is 2.50 bits per heavy atom. The van der Waals surface area contributed by atoms with Gasteiger partial charge >= 0.3 is 0 Å². The number of carbonyl (C=O) groups is 1. The molecule has 0 aromatic heterocycles. The fourth-order valence-corrected chi connectivity index (χ4v) is 1.48. The van der Waals surface area contributed by atoms with Gasteiger partial charge in [-0.25, -0.2) is 4.39 Å². The maximum absolute atomic E-state index is 13.1.